The molecule has 1 aromatic heterocycles. The van der Waals surface area contributed by atoms with Crippen LogP contribution in [0.4, 0.5) is 0 Å². The Morgan fingerprint density at radius 2 is 1.59 bits per heavy atom. The van der Waals surface area contributed by atoms with E-state index in [0.29, 0.717) is 0 Å². The van der Waals surface area contributed by atoms with Gasteiger partial charge in [-0.05, 0) is 71.7 Å². The third kappa shape index (κ3) is 4.44. The summed E-state index contributed by atoms with van der Waals surface area (Å²) in [6.07, 6.45) is 27.9. The fourth-order valence-electron chi connectivity index (χ4n) is 6.58. The Balaban J connectivity index is 1.18. The van der Waals surface area contributed by atoms with Gasteiger partial charge in [0.2, 0.25) is 0 Å². The number of rotatable bonds is 4. The Morgan fingerprint density at radius 3 is 2.46 bits per heavy atom. The van der Waals surface area contributed by atoms with Crippen LogP contribution in [-0.2, 0) is 4.74 Å². The lowest BCUT2D eigenvalue weighted by Crippen LogP contribution is -2.20. The van der Waals surface area contributed by atoms with Gasteiger partial charge >= 0.3 is 0 Å². The zero-order valence-electron chi connectivity index (χ0n) is 23.0. The van der Waals surface area contributed by atoms with Gasteiger partial charge in [-0.1, -0.05) is 91.1 Å². The van der Waals surface area contributed by atoms with Crippen LogP contribution in [-0.4, -0.2) is 15.0 Å². The number of nitrogens with zero attached hydrogens (tertiary/aromatic N) is 3. The van der Waals surface area contributed by atoms with Crippen molar-refractivity contribution in [1.82, 2.24) is 15.0 Å². The molecule has 0 saturated heterocycles. The smallest absolute Gasteiger partial charge is 0.163 e. The van der Waals surface area contributed by atoms with Crippen molar-refractivity contribution >= 4 is 27.5 Å². The summed E-state index contributed by atoms with van der Waals surface area (Å²) in [5, 5.41) is 2.55. The average Bonchev–Trinajstić information content (AvgIpc) is 3.44. The maximum Gasteiger partial charge on any atom is 0.163 e. The van der Waals surface area contributed by atoms with E-state index < -0.39 is 0 Å². The molecule has 8 rings (SSSR count). The summed E-state index contributed by atoms with van der Waals surface area (Å²) in [5.41, 5.74) is 6.16. The lowest BCUT2D eigenvalue weighted by Gasteiger charge is -2.24. The third-order valence-corrected chi connectivity index (χ3v) is 8.74. The van der Waals surface area contributed by atoms with Crippen LogP contribution in [0.5, 0.6) is 0 Å². The number of fused-ring (bicyclic) bond motifs is 3. The predicted molar refractivity (Wildman–Crippen MR) is 165 cm³/mol. The third-order valence-electron chi connectivity index (χ3n) is 8.74. The Bertz CT molecular complexity index is 1830. The van der Waals surface area contributed by atoms with Crippen LogP contribution in [0.1, 0.15) is 67.5 Å². The molecule has 200 valence electrons. The van der Waals surface area contributed by atoms with E-state index in [1.165, 1.54) is 27.5 Å². The second-order valence-corrected chi connectivity index (χ2v) is 11.3. The maximum absolute atomic E-state index is 6.32. The lowest BCUT2D eigenvalue weighted by molar-refractivity contribution is 0.286. The molecule has 41 heavy (non-hydrogen) atoms. The van der Waals surface area contributed by atoms with Gasteiger partial charge in [0.05, 0.1) is 11.8 Å². The van der Waals surface area contributed by atoms with Crippen LogP contribution in [0, 0.1) is 5.92 Å². The van der Waals surface area contributed by atoms with Gasteiger partial charge in [-0.3, -0.25) is 0 Å². The Kier molecular flexibility index (Phi) is 5.98. The van der Waals surface area contributed by atoms with E-state index >= 15 is 0 Å². The van der Waals surface area contributed by atoms with Crippen LogP contribution in [0.2, 0.25) is 0 Å². The van der Waals surface area contributed by atoms with Crippen molar-refractivity contribution in [1.29, 1.82) is 0 Å². The summed E-state index contributed by atoms with van der Waals surface area (Å²) in [7, 11) is 0. The molecule has 3 aromatic rings. The van der Waals surface area contributed by atoms with Gasteiger partial charge in [-0.2, -0.15) is 0 Å². The number of allylic oxidation sites excluding steroid dienone is 15. The topological polar surface area (TPSA) is 47.9 Å². The minimum Gasteiger partial charge on any atom is -0.465 e. The lowest BCUT2D eigenvalue weighted by atomic mass is 9.80. The Hall–Kier alpha value is -4.57. The number of ether oxygens (including phenoxy) is 1. The highest BCUT2D eigenvalue weighted by molar-refractivity contribution is 5.87. The molecule has 0 spiro atoms. The average molecular weight is 534 g/mol. The molecule has 0 bridgehead atoms. The quantitative estimate of drug-likeness (QED) is 0.336. The van der Waals surface area contributed by atoms with Gasteiger partial charge in [-0.15, -0.1) is 0 Å². The van der Waals surface area contributed by atoms with E-state index in [1.807, 2.05) is 0 Å². The maximum atomic E-state index is 6.32. The van der Waals surface area contributed by atoms with E-state index in [1.54, 1.807) is 0 Å². The second-order valence-electron chi connectivity index (χ2n) is 11.3. The molecule has 2 unspecified atom stereocenters. The molecule has 0 amide bonds. The van der Waals surface area contributed by atoms with Gasteiger partial charge in [0.25, 0.3) is 0 Å². The number of benzene rings is 2. The molecule has 1 aliphatic heterocycles. The van der Waals surface area contributed by atoms with Gasteiger partial charge < -0.3 is 4.74 Å². The summed E-state index contributed by atoms with van der Waals surface area (Å²) in [6.45, 7) is 0. The summed E-state index contributed by atoms with van der Waals surface area (Å²) in [6, 6.07) is 15.3. The largest absolute Gasteiger partial charge is 0.465 e. The second kappa shape index (κ2) is 10.1. The number of hydrogen-bond donors (Lipinski definition) is 0. The van der Waals surface area contributed by atoms with E-state index in [2.05, 4.69) is 103 Å². The van der Waals surface area contributed by atoms with Crippen LogP contribution >= 0.6 is 0 Å². The van der Waals surface area contributed by atoms with Crippen molar-refractivity contribution in [2.45, 2.75) is 44.4 Å². The van der Waals surface area contributed by atoms with Crippen molar-refractivity contribution < 1.29 is 4.74 Å². The summed E-state index contributed by atoms with van der Waals surface area (Å²) < 4.78 is 6.32. The fourth-order valence-corrected chi connectivity index (χ4v) is 6.58. The molecule has 5 aliphatic rings. The van der Waals surface area contributed by atoms with E-state index in [4.69, 9.17) is 19.7 Å². The SMILES string of the molecule is C1=CC(c2nc(C3=CCCC=C3)nc(C3=CC=C(c4ccc5ccccc5c4)CC3)n2)C2C(=C1)OC1=C2C=CCC1. The molecular weight excluding hydrogens is 502 g/mol. The van der Waals surface area contributed by atoms with Crippen molar-refractivity contribution in [2.75, 3.05) is 0 Å². The van der Waals surface area contributed by atoms with Crippen LogP contribution in [0.15, 0.2) is 120 Å². The molecule has 2 aromatic carbocycles. The molecule has 4 nitrogen and oxygen atoms in total. The highest BCUT2D eigenvalue weighted by atomic mass is 16.5. The molecule has 0 fully saturated rings. The van der Waals surface area contributed by atoms with Gasteiger partial charge in [0.15, 0.2) is 11.6 Å². The molecule has 2 atom stereocenters. The highest BCUT2D eigenvalue weighted by Gasteiger charge is 2.40. The minimum atomic E-state index is 0.00631. The summed E-state index contributed by atoms with van der Waals surface area (Å²) >= 11 is 0. The number of aromatic nitrogens is 3. The first-order chi connectivity index (χ1) is 20.3. The normalized spacial score (nSPS) is 22.9. The predicted octanol–water partition coefficient (Wildman–Crippen LogP) is 8.81. The number of hydrogen-bond acceptors (Lipinski definition) is 4. The molecule has 4 aliphatic carbocycles. The first-order valence-electron chi connectivity index (χ1n) is 14.8. The van der Waals surface area contributed by atoms with E-state index in [9.17, 15) is 0 Å². The van der Waals surface area contributed by atoms with E-state index in [0.717, 1.165) is 78.7 Å². The minimum absolute atomic E-state index is 0.00631. The summed E-state index contributed by atoms with van der Waals surface area (Å²) in [5.74, 6) is 4.61. The van der Waals surface area contributed by atoms with Crippen molar-refractivity contribution in [3.05, 3.63) is 143 Å². The monoisotopic (exact) mass is 533 g/mol. The highest BCUT2D eigenvalue weighted by Crippen LogP contribution is 2.48. The van der Waals surface area contributed by atoms with Gasteiger partial charge in [0, 0.05) is 17.6 Å². The Morgan fingerprint density at radius 1 is 0.732 bits per heavy atom. The van der Waals surface area contributed by atoms with Crippen molar-refractivity contribution in [2.24, 2.45) is 5.92 Å². The van der Waals surface area contributed by atoms with Gasteiger partial charge in [0.1, 0.15) is 17.3 Å². The standard InChI is InChI=1S/C37H31N3O/c1-2-10-26(11-3-1)35-38-36(27-20-17-25(18-21-27)29-22-19-24-9-4-5-12-28(24)23-29)40-37(39-35)31-14-8-16-33-34(31)30-13-6-7-15-32(30)41-33/h2,4-6,8-14,16-17,19-20,22-23,31,34H,1,3,7,15,18,21H2. The molecule has 4 heteroatoms. The molecule has 2 heterocycles. The Labute approximate surface area is 240 Å². The van der Waals surface area contributed by atoms with Crippen LogP contribution in [0.25, 0.3) is 27.5 Å². The molecule has 0 saturated carbocycles. The van der Waals surface area contributed by atoms with E-state index in [-0.39, 0.29) is 11.8 Å². The van der Waals surface area contributed by atoms with Gasteiger partial charge in [-0.25, -0.2) is 15.0 Å². The van der Waals surface area contributed by atoms with Crippen molar-refractivity contribution in [3.63, 3.8) is 0 Å². The van der Waals surface area contributed by atoms with Crippen LogP contribution in [0.3, 0.4) is 0 Å². The first kappa shape index (κ1) is 24.2. The molecule has 0 radical (unpaired) electrons. The van der Waals surface area contributed by atoms with Crippen LogP contribution < -0.4 is 0 Å². The molecule has 0 N–H and O–H groups in total. The van der Waals surface area contributed by atoms with Crippen molar-refractivity contribution in [3.8, 4) is 0 Å². The zero-order valence-corrected chi connectivity index (χ0v) is 23.0. The zero-order chi connectivity index (χ0) is 27.2. The first-order valence-corrected chi connectivity index (χ1v) is 14.8. The fraction of sp³-hybridized carbons (Fsp3) is 0.216. The summed E-state index contributed by atoms with van der Waals surface area (Å²) in [4.78, 5) is 15.3. The molecular formula is C37H31N3O.